The minimum absolute atomic E-state index is 0.0120. The van der Waals surface area contributed by atoms with E-state index in [2.05, 4.69) is 73.6 Å². The maximum absolute atomic E-state index is 12.2. The Bertz CT molecular complexity index is 1910. The molecule has 0 unspecified atom stereocenters. The SMILES string of the molecule is C[C@@H]1[C@H](CN(C)[C@H](C)c2ccc3ccccc3c2)O[C@H](c2ccc(-c3ccccc3CNC(=O)C(Cl)(Cl)Cl)cc2)O[C@@H]1c1ccc(CO)cc1. The molecule has 1 saturated heterocycles. The number of rotatable bonds is 10. The fraction of sp³-hybridized carbons (Fsp3) is 0.293. The lowest BCUT2D eigenvalue weighted by molar-refractivity contribution is -0.276. The van der Waals surface area contributed by atoms with Crippen molar-refractivity contribution in [1.29, 1.82) is 0 Å². The van der Waals surface area contributed by atoms with Crippen molar-refractivity contribution in [2.45, 2.75) is 55.3 Å². The molecule has 0 saturated carbocycles. The van der Waals surface area contributed by atoms with Crippen LogP contribution in [0.5, 0.6) is 0 Å². The van der Waals surface area contributed by atoms with Gasteiger partial charge < -0.3 is 19.9 Å². The number of carbonyl (C=O) groups excluding carboxylic acids is 1. The minimum Gasteiger partial charge on any atom is -0.392 e. The molecule has 5 atom stereocenters. The second-order valence-electron chi connectivity index (χ2n) is 13.0. The van der Waals surface area contributed by atoms with Crippen molar-refractivity contribution in [3.05, 3.63) is 143 Å². The number of nitrogens with one attached hydrogen (secondary N) is 1. The van der Waals surface area contributed by atoms with Crippen molar-refractivity contribution >= 4 is 51.5 Å². The summed E-state index contributed by atoms with van der Waals surface area (Å²) in [5.74, 6) is -0.632. The highest BCUT2D eigenvalue weighted by molar-refractivity contribution is 6.76. The van der Waals surface area contributed by atoms with Crippen LogP contribution in [0.25, 0.3) is 21.9 Å². The molecule has 0 aromatic heterocycles. The van der Waals surface area contributed by atoms with Gasteiger partial charge in [0.05, 0.1) is 18.8 Å². The predicted octanol–water partition coefficient (Wildman–Crippen LogP) is 9.47. The van der Waals surface area contributed by atoms with Gasteiger partial charge in [0.25, 0.3) is 9.70 Å². The summed E-state index contributed by atoms with van der Waals surface area (Å²) in [6, 6.07) is 39.1. The van der Waals surface area contributed by atoms with Gasteiger partial charge in [0.2, 0.25) is 0 Å². The van der Waals surface area contributed by atoms with Crippen molar-refractivity contribution in [2.75, 3.05) is 13.6 Å². The molecule has 1 amide bonds. The first-order valence-electron chi connectivity index (χ1n) is 16.7. The summed E-state index contributed by atoms with van der Waals surface area (Å²) in [6.45, 7) is 5.31. The molecule has 1 aliphatic rings. The maximum atomic E-state index is 12.2. The minimum atomic E-state index is -2.03. The Balaban J connectivity index is 1.24. The van der Waals surface area contributed by atoms with Crippen molar-refractivity contribution < 1.29 is 19.4 Å². The third kappa shape index (κ3) is 8.35. The summed E-state index contributed by atoms with van der Waals surface area (Å²) < 4.78 is 11.5. The zero-order chi connectivity index (χ0) is 35.4. The van der Waals surface area contributed by atoms with Crippen molar-refractivity contribution in [3.8, 4) is 11.1 Å². The standard InChI is InChI=1S/C41H41Cl3N2O4/c1-26-37(24-46(3)27(2)33-21-16-29-8-4-5-9-34(29)22-33)49-39(50-38(26)31-14-12-28(25-47)13-15-31)32-19-17-30(18-20-32)36-11-7-6-10-35(36)23-45-40(48)41(42,43)44/h4-22,26-27,37-39,47H,23-25H2,1-3H3,(H,45,48)/t26-,27-,37+,38+,39+/m1/s1. The van der Waals surface area contributed by atoms with E-state index in [4.69, 9.17) is 44.3 Å². The van der Waals surface area contributed by atoms with Crippen molar-refractivity contribution in [3.63, 3.8) is 0 Å². The highest BCUT2D eigenvalue weighted by Crippen LogP contribution is 2.43. The number of likely N-dealkylation sites (N-methyl/N-ethyl adjacent to an activating group) is 1. The number of ether oxygens (including phenoxy) is 2. The van der Waals surface area contributed by atoms with Crippen molar-refractivity contribution in [2.24, 2.45) is 5.92 Å². The summed E-state index contributed by atoms with van der Waals surface area (Å²) in [7, 11) is 2.15. The molecule has 6 nitrogen and oxygen atoms in total. The molecule has 9 heteroatoms. The Morgan fingerprint density at radius 1 is 0.860 bits per heavy atom. The number of fused-ring (bicyclic) bond motifs is 1. The van der Waals surface area contributed by atoms with Gasteiger partial charge in [-0.1, -0.05) is 151 Å². The molecule has 2 N–H and O–H groups in total. The van der Waals surface area contributed by atoms with Crippen LogP contribution in [-0.2, 0) is 27.4 Å². The van der Waals surface area contributed by atoms with Gasteiger partial charge in [-0.3, -0.25) is 9.69 Å². The van der Waals surface area contributed by atoms with E-state index < -0.39 is 16.0 Å². The first kappa shape index (κ1) is 36.3. The predicted molar refractivity (Wildman–Crippen MR) is 202 cm³/mol. The van der Waals surface area contributed by atoms with Crippen LogP contribution < -0.4 is 5.32 Å². The van der Waals surface area contributed by atoms with Gasteiger partial charge in [0, 0.05) is 30.6 Å². The van der Waals surface area contributed by atoms with Crippen LogP contribution in [0.2, 0.25) is 0 Å². The van der Waals surface area contributed by atoms with Crippen LogP contribution in [0.3, 0.4) is 0 Å². The van der Waals surface area contributed by atoms with Crippen LogP contribution in [0.1, 0.15) is 60.1 Å². The molecule has 0 radical (unpaired) electrons. The molecular weight excluding hydrogens is 691 g/mol. The number of alkyl halides is 3. The van der Waals surface area contributed by atoms with Gasteiger partial charge in [-0.2, -0.15) is 0 Å². The lowest BCUT2D eigenvalue weighted by Crippen LogP contribution is -2.44. The van der Waals surface area contributed by atoms with Crippen LogP contribution in [-0.4, -0.2) is 39.4 Å². The molecular formula is C41H41Cl3N2O4. The Labute approximate surface area is 308 Å². The second-order valence-corrected chi connectivity index (χ2v) is 15.3. The number of hydrogen-bond acceptors (Lipinski definition) is 5. The zero-order valence-electron chi connectivity index (χ0n) is 28.2. The van der Waals surface area contributed by atoms with Crippen LogP contribution in [0.15, 0.2) is 115 Å². The van der Waals surface area contributed by atoms with Gasteiger partial charge in [-0.05, 0) is 64.2 Å². The summed E-state index contributed by atoms with van der Waals surface area (Å²) in [5, 5.41) is 14.8. The van der Waals surface area contributed by atoms with Crippen molar-refractivity contribution in [1.82, 2.24) is 10.2 Å². The molecule has 0 bridgehead atoms. The normalized spacial score (nSPS) is 20.2. The van der Waals surface area contributed by atoms with E-state index in [1.54, 1.807) is 0 Å². The van der Waals surface area contributed by atoms with E-state index in [9.17, 15) is 9.90 Å². The van der Waals surface area contributed by atoms with Crippen LogP contribution in [0.4, 0.5) is 0 Å². The molecule has 50 heavy (non-hydrogen) atoms. The molecule has 1 heterocycles. The topological polar surface area (TPSA) is 71.0 Å². The van der Waals surface area contributed by atoms with Gasteiger partial charge in [0.15, 0.2) is 6.29 Å². The highest BCUT2D eigenvalue weighted by atomic mass is 35.6. The third-order valence-electron chi connectivity index (χ3n) is 9.72. The first-order valence-corrected chi connectivity index (χ1v) is 17.9. The lowest BCUT2D eigenvalue weighted by atomic mass is 9.89. The summed E-state index contributed by atoms with van der Waals surface area (Å²) >= 11 is 17.3. The lowest BCUT2D eigenvalue weighted by Gasteiger charge is -2.43. The number of hydrogen-bond donors (Lipinski definition) is 2. The van der Waals surface area contributed by atoms with Gasteiger partial charge in [-0.15, -0.1) is 0 Å². The average Bonchev–Trinajstić information content (AvgIpc) is 3.14. The number of benzene rings is 5. The van der Waals surface area contributed by atoms with Gasteiger partial charge in [0.1, 0.15) is 0 Å². The van der Waals surface area contributed by atoms with E-state index in [1.807, 2.05) is 72.8 Å². The monoisotopic (exact) mass is 730 g/mol. The first-order chi connectivity index (χ1) is 24.0. The molecule has 260 valence electrons. The number of nitrogens with zero attached hydrogens (tertiary/aromatic N) is 1. The highest BCUT2D eigenvalue weighted by Gasteiger charge is 2.39. The molecule has 6 rings (SSSR count). The van der Waals surface area contributed by atoms with Gasteiger partial charge >= 0.3 is 0 Å². The average molecular weight is 732 g/mol. The van der Waals surface area contributed by atoms with Gasteiger partial charge in [-0.25, -0.2) is 0 Å². The maximum Gasteiger partial charge on any atom is 0.272 e. The van der Waals surface area contributed by atoms with E-state index >= 15 is 0 Å². The summed E-state index contributed by atoms with van der Waals surface area (Å²) in [6.07, 6.45) is -0.958. The molecule has 1 fully saturated rings. The Morgan fingerprint density at radius 2 is 1.52 bits per heavy atom. The fourth-order valence-corrected chi connectivity index (χ4v) is 6.74. The smallest absolute Gasteiger partial charge is 0.272 e. The largest absolute Gasteiger partial charge is 0.392 e. The molecule has 0 spiro atoms. The molecule has 1 aliphatic heterocycles. The fourth-order valence-electron chi connectivity index (χ4n) is 6.54. The number of aliphatic hydroxyl groups excluding tert-OH is 1. The molecule has 5 aromatic rings. The van der Waals surface area contributed by atoms with Crippen LogP contribution >= 0.6 is 34.8 Å². The number of halogens is 3. The summed E-state index contributed by atoms with van der Waals surface area (Å²) in [4.78, 5) is 14.5. The summed E-state index contributed by atoms with van der Waals surface area (Å²) in [5.41, 5.74) is 6.85. The molecule has 0 aliphatic carbocycles. The number of amides is 1. The number of aliphatic hydroxyl groups is 1. The van der Waals surface area contributed by atoms with E-state index in [1.165, 1.54) is 16.3 Å². The third-order valence-corrected chi connectivity index (χ3v) is 10.2. The van der Waals surface area contributed by atoms with E-state index in [0.29, 0.717) is 6.54 Å². The number of carbonyl (C=O) groups is 1. The Morgan fingerprint density at radius 3 is 2.22 bits per heavy atom. The van der Waals surface area contributed by atoms with E-state index in [-0.39, 0.29) is 37.3 Å². The van der Waals surface area contributed by atoms with E-state index in [0.717, 1.165) is 33.4 Å². The second kappa shape index (κ2) is 15.8. The zero-order valence-corrected chi connectivity index (χ0v) is 30.5. The Kier molecular flexibility index (Phi) is 11.5. The quantitative estimate of drug-likeness (QED) is 0.140. The molecule has 5 aromatic carbocycles. The Hall–Kier alpha value is -3.46. The van der Waals surface area contributed by atoms with Crippen LogP contribution in [0, 0.1) is 5.92 Å².